The zero-order valence-electron chi connectivity index (χ0n) is 11.8. The maximum absolute atomic E-state index is 11.9. The van der Waals surface area contributed by atoms with E-state index in [0.717, 1.165) is 18.2 Å². The van der Waals surface area contributed by atoms with Crippen LogP contribution in [0.15, 0.2) is 23.1 Å². The van der Waals surface area contributed by atoms with Crippen molar-refractivity contribution in [2.45, 2.75) is 18.7 Å². The Balaban J connectivity index is 2.70. The van der Waals surface area contributed by atoms with Gasteiger partial charge in [-0.05, 0) is 18.1 Å². The molecule has 0 radical (unpaired) electrons. The van der Waals surface area contributed by atoms with E-state index < -0.39 is 26.4 Å². The number of hydrogen-bond acceptors (Lipinski definition) is 6. The Kier molecular flexibility index (Phi) is 6.06. The molecule has 0 heterocycles. The van der Waals surface area contributed by atoms with E-state index in [1.165, 1.54) is 0 Å². The fourth-order valence-electron chi connectivity index (χ4n) is 1.47. The number of phenols is 1. The molecule has 0 aliphatic rings. The smallest absolute Gasteiger partial charge is 0.312 e. The number of hydrogen-bond donors (Lipinski definition) is 2. The van der Waals surface area contributed by atoms with Crippen LogP contribution < -0.4 is 4.72 Å². The molecule has 0 spiro atoms. The van der Waals surface area contributed by atoms with Gasteiger partial charge < -0.3 is 9.84 Å². The highest BCUT2D eigenvalue weighted by Gasteiger charge is 2.20. The molecule has 0 aliphatic heterocycles. The van der Waals surface area contributed by atoms with Gasteiger partial charge in [0.05, 0.1) is 16.4 Å². The lowest BCUT2D eigenvalue weighted by atomic mass is 10.2. The van der Waals surface area contributed by atoms with Crippen LogP contribution in [0.25, 0.3) is 0 Å². The second kappa shape index (κ2) is 7.34. The van der Waals surface area contributed by atoms with Crippen molar-refractivity contribution >= 4 is 15.7 Å². The molecular formula is C12H18N2O6S. The van der Waals surface area contributed by atoms with E-state index >= 15 is 0 Å². The molecule has 118 valence electrons. The van der Waals surface area contributed by atoms with E-state index in [0.29, 0.717) is 12.5 Å². The quantitative estimate of drug-likeness (QED) is 0.423. The Bertz CT molecular complexity index is 600. The molecule has 0 unspecified atom stereocenters. The predicted molar refractivity (Wildman–Crippen MR) is 75.6 cm³/mol. The Morgan fingerprint density at radius 1 is 1.43 bits per heavy atom. The number of nitro groups is 1. The standard InChI is InChI=1S/C12H18N2O6S/c1-9(2)8-20-6-5-13-21(18,19)10-3-4-12(15)11(7-10)14(16)17/h3-4,7,9,13,15H,5-6,8H2,1-2H3. The van der Waals surface area contributed by atoms with E-state index in [9.17, 15) is 23.6 Å². The summed E-state index contributed by atoms with van der Waals surface area (Å²) in [6.45, 7) is 4.73. The summed E-state index contributed by atoms with van der Waals surface area (Å²) in [7, 11) is -3.88. The minimum absolute atomic E-state index is 0.0593. The first-order valence-electron chi connectivity index (χ1n) is 6.29. The first kappa shape index (κ1) is 17.3. The molecule has 9 heteroatoms. The SMILES string of the molecule is CC(C)COCCNS(=O)(=O)c1ccc(O)c([N+](=O)[O-])c1. The number of nitrogens with zero attached hydrogens (tertiary/aromatic N) is 1. The molecule has 0 saturated carbocycles. The molecule has 21 heavy (non-hydrogen) atoms. The Labute approximate surface area is 122 Å². The van der Waals surface area contributed by atoms with Crippen LogP contribution in [-0.2, 0) is 14.8 Å². The molecule has 1 rings (SSSR count). The van der Waals surface area contributed by atoms with Crippen LogP contribution in [-0.4, -0.2) is 38.2 Å². The van der Waals surface area contributed by atoms with Crippen molar-refractivity contribution in [2.24, 2.45) is 5.92 Å². The van der Waals surface area contributed by atoms with E-state index in [4.69, 9.17) is 4.74 Å². The number of phenolic OH excluding ortho intramolecular Hbond substituents is 1. The monoisotopic (exact) mass is 318 g/mol. The van der Waals surface area contributed by atoms with E-state index in [-0.39, 0.29) is 18.0 Å². The predicted octanol–water partition coefficient (Wildman–Crippen LogP) is 1.25. The number of rotatable bonds is 8. The Morgan fingerprint density at radius 2 is 2.10 bits per heavy atom. The van der Waals surface area contributed by atoms with E-state index in [2.05, 4.69) is 4.72 Å². The third-order valence-corrected chi connectivity index (χ3v) is 3.90. The van der Waals surface area contributed by atoms with E-state index in [1.807, 2.05) is 13.8 Å². The average Bonchev–Trinajstić information content (AvgIpc) is 2.37. The van der Waals surface area contributed by atoms with Crippen LogP contribution in [0.3, 0.4) is 0 Å². The molecule has 0 amide bonds. The van der Waals surface area contributed by atoms with Crippen molar-refractivity contribution in [3.63, 3.8) is 0 Å². The number of benzene rings is 1. The van der Waals surface area contributed by atoms with Crippen LogP contribution in [0.4, 0.5) is 5.69 Å². The van der Waals surface area contributed by atoms with Gasteiger partial charge in [0.25, 0.3) is 0 Å². The maximum atomic E-state index is 11.9. The zero-order chi connectivity index (χ0) is 16.0. The number of nitro benzene ring substituents is 1. The molecule has 0 bridgehead atoms. The largest absolute Gasteiger partial charge is 0.502 e. The molecule has 0 aliphatic carbocycles. The van der Waals surface area contributed by atoms with Gasteiger partial charge in [0, 0.05) is 19.2 Å². The highest BCUT2D eigenvalue weighted by molar-refractivity contribution is 7.89. The Hall–Kier alpha value is -1.71. The summed E-state index contributed by atoms with van der Waals surface area (Å²) in [6, 6.07) is 2.88. The van der Waals surface area contributed by atoms with Gasteiger partial charge in [0.2, 0.25) is 10.0 Å². The van der Waals surface area contributed by atoms with Crippen molar-refractivity contribution in [1.82, 2.24) is 4.72 Å². The fraction of sp³-hybridized carbons (Fsp3) is 0.500. The van der Waals surface area contributed by atoms with Crippen molar-refractivity contribution in [3.8, 4) is 5.75 Å². The van der Waals surface area contributed by atoms with Crippen LogP contribution in [0.1, 0.15) is 13.8 Å². The summed E-state index contributed by atoms with van der Waals surface area (Å²) in [5.41, 5.74) is -0.658. The second-order valence-corrected chi connectivity index (χ2v) is 6.54. The van der Waals surface area contributed by atoms with Crippen molar-refractivity contribution in [2.75, 3.05) is 19.8 Å². The number of nitrogens with one attached hydrogen (secondary N) is 1. The van der Waals surface area contributed by atoms with Crippen LogP contribution in [0.2, 0.25) is 0 Å². The molecule has 0 aromatic heterocycles. The highest BCUT2D eigenvalue weighted by Crippen LogP contribution is 2.27. The fourth-order valence-corrected chi connectivity index (χ4v) is 2.50. The van der Waals surface area contributed by atoms with Crippen molar-refractivity contribution in [1.29, 1.82) is 0 Å². The van der Waals surface area contributed by atoms with E-state index in [1.54, 1.807) is 0 Å². The lowest BCUT2D eigenvalue weighted by molar-refractivity contribution is -0.386. The summed E-state index contributed by atoms with van der Waals surface area (Å²) in [5, 5.41) is 20.0. The van der Waals surface area contributed by atoms with Gasteiger partial charge >= 0.3 is 5.69 Å². The first-order valence-corrected chi connectivity index (χ1v) is 7.77. The maximum Gasteiger partial charge on any atom is 0.312 e. The first-order chi connectivity index (χ1) is 9.74. The highest BCUT2D eigenvalue weighted by atomic mass is 32.2. The topological polar surface area (TPSA) is 119 Å². The van der Waals surface area contributed by atoms with Gasteiger partial charge in [-0.25, -0.2) is 13.1 Å². The van der Waals surface area contributed by atoms with Crippen LogP contribution in [0.5, 0.6) is 5.75 Å². The van der Waals surface area contributed by atoms with Crippen LogP contribution >= 0.6 is 0 Å². The number of aromatic hydroxyl groups is 1. The second-order valence-electron chi connectivity index (χ2n) is 4.77. The normalized spacial score (nSPS) is 11.8. The molecule has 2 N–H and O–H groups in total. The number of ether oxygens (including phenoxy) is 1. The van der Waals surface area contributed by atoms with Gasteiger partial charge in [-0.3, -0.25) is 10.1 Å². The van der Waals surface area contributed by atoms with Crippen molar-refractivity contribution in [3.05, 3.63) is 28.3 Å². The Morgan fingerprint density at radius 3 is 2.67 bits per heavy atom. The molecule has 8 nitrogen and oxygen atoms in total. The molecule has 0 atom stereocenters. The summed E-state index contributed by atoms with van der Waals surface area (Å²) in [5.74, 6) is -0.236. The lowest BCUT2D eigenvalue weighted by Gasteiger charge is -2.09. The average molecular weight is 318 g/mol. The lowest BCUT2D eigenvalue weighted by Crippen LogP contribution is -2.27. The zero-order valence-corrected chi connectivity index (χ0v) is 12.6. The molecular weight excluding hydrogens is 300 g/mol. The third-order valence-electron chi connectivity index (χ3n) is 2.44. The van der Waals surface area contributed by atoms with Crippen molar-refractivity contribution < 1.29 is 23.2 Å². The molecule has 0 saturated heterocycles. The third kappa shape index (κ3) is 5.29. The molecule has 1 aromatic carbocycles. The summed E-state index contributed by atoms with van der Waals surface area (Å²) in [4.78, 5) is 9.55. The summed E-state index contributed by atoms with van der Waals surface area (Å²) in [6.07, 6.45) is 0. The van der Waals surface area contributed by atoms with Gasteiger partial charge in [0.1, 0.15) is 0 Å². The summed E-state index contributed by atoms with van der Waals surface area (Å²) >= 11 is 0. The molecule has 1 aromatic rings. The van der Waals surface area contributed by atoms with Gasteiger partial charge in [0.15, 0.2) is 5.75 Å². The molecule has 0 fully saturated rings. The minimum atomic E-state index is -3.88. The number of sulfonamides is 1. The summed E-state index contributed by atoms with van der Waals surface area (Å²) < 4.78 is 31.4. The van der Waals surface area contributed by atoms with Gasteiger partial charge in [-0.15, -0.1) is 0 Å². The van der Waals surface area contributed by atoms with Gasteiger partial charge in [-0.1, -0.05) is 13.8 Å². The minimum Gasteiger partial charge on any atom is -0.502 e. The van der Waals surface area contributed by atoms with Crippen LogP contribution in [0, 0.1) is 16.0 Å². The van der Waals surface area contributed by atoms with Gasteiger partial charge in [-0.2, -0.15) is 0 Å².